The van der Waals surface area contributed by atoms with Gasteiger partial charge in [-0.15, -0.1) is 0 Å². The monoisotopic (exact) mass is 484 g/mol. The van der Waals surface area contributed by atoms with Crippen molar-refractivity contribution in [3.05, 3.63) is 48.0 Å². The number of amides is 2. The van der Waals surface area contributed by atoms with Crippen molar-refractivity contribution >= 4 is 33.2 Å². The molecule has 0 aromatic heterocycles. The summed E-state index contributed by atoms with van der Waals surface area (Å²) in [6.45, 7) is 2.88. The van der Waals surface area contributed by atoms with Crippen LogP contribution >= 0.6 is 0 Å². The zero-order chi connectivity index (χ0) is 24.3. The molecule has 2 aromatic rings. The van der Waals surface area contributed by atoms with Crippen molar-refractivity contribution < 1.29 is 22.7 Å². The van der Waals surface area contributed by atoms with Gasteiger partial charge in [0.2, 0.25) is 15.9 Å². The number of ether oxygens (including phenoxy) is 1. The van der Waals surface area contributed by atoms with Crippen LogP contribution in [0.5, 0.6) is 11.5 Å². The van der Waals surface area contributed by atoms with Crippen LogP contribution in [0.4, 0.5) is 5.69 Å². The minimum atomic E-state index is -3.71. The second kappa shape index (κ2) is 9.94. The van der Waals surface area contributed by atoms with Crippen molar-refractivity contribution in [2.24, 2.45) is 5.10 Å². The molecular weight excluding hydrogens is 456 g/mol. The quantitative estimate of drug-likeness (QED) is 0.675. The van der Waals surface area contributed by atoms with E-state index in [2.05, 4.69) is 10.4 Å². The lowest BCUT2D eigenvalue weighted by Gasteiger charge is -2.26. The van der Waals surface area contributed by atoms with Gasteiger partial charge in [0.25, 0.3) is 5.91 Å². The molecule has 0 atom stereocenters. The van der Waals surface area contributed by atoms with Gasteiger partial charge in [0.1, 0.15) is 11.5 Å². The SMILES string of the molecule is Cc1cccc(Oc2ccc(S(=O)(=O)N3CCCCC3)cc2NC(=O)C2=NN(C)C(=O)CC2)c1. The average molecular weight is 485 g/mol. The van der Waals surface area contributed by atoms with Crippen LogP contribution in [0, 0.1) is 6.92 Å². The van der Waals surface area contributed by atoms with E-state index in [4.69, 9.17) is 4.74 Å². The van der Waals surface area contributed by atoms with E-state index in [-0.39, 0.29) is 35.0 Å². The number of nitrogens with one attached hydrogen (secondary N) is 1. The Kier molecular flexibility index (Phi) is 6.99. The lowest BCUT2D eigenvalue weighted by Crippen LogP contribution is -2.36. The molecule has 0 unspecified atom stereocenters. The smallest absolute Gasteiger partial charge is 0.271 e. The third kappa shape index (κ3) is 5.28. The van der Waals surface area contributed by atoms with E-state index in [1.807, 2.05) is 25.1 Å². The molecule has 0 bridgehead atoms. The molecule has 0 aliphatic carbocycles. The number of aryl methyl sites for hydroxylation is 1. The zero-order valence-electron chi connectivity index (χ0n) is 19.3. The fourth-order valence-electron chi connectivity index (χ4n) is 3.94. The first-order valence-corrected chi connectivity index (χ1v) is 12.7. The van der Waals surface area contributed by atoms with Crippen molar-refractivity contribution in [1.29, 1.82) is 0 Å². The summed E-state index contributed by atoms with van der Waals surface area (Å²) < 4.78 is 33.9. The maximum Gasteiger partial charge on any atom is 0.271 e. The van der Waals surface area contributed by atoms with E-state index in [9.17, 15) is 18.0 Å². The van der Waals surface area contributed by atoms with Crippen LogP contribution in [-0.4, -0.2) is 55.4 Å². The molecule has 4 rings (SSSR count). The van der Waals surface area contributed by atoms with Gasteiger partial charge in [0.05, 0.1) is 10.6 Å². The van der Waals surface area contributed by atoms with Crippen molar-refractivity contribution in [3.63, 3.8) is 0 Å². The summed E-state index contributed by atoms with van der Waals surface area (Å²) in [6.07, 6.45) is 3.04. The molecule has 180 valence electrons. The second-order valence-corrected chi connectivity index (χ2v) is 10.4. The minimum absolute atomic E-state index is 0.0826. The first-order chi connectivity index (χ1) is 16.2. The average Bonchev–Trinajstić information content (AvgIpc) is 2.82. The highest BCUT2D eigenvalue weighted by molar-refractivity contribution is 7.89. The van der Waals surface area contributed by atoms with Crippen LogP contribution in [0.1, 0.15) is 37.7 Å². The van der Waals surface area contributed by atoms with Gasteiger partial charge in [-0.25, -0.2) is 13.4 Å². The highest BCUT2D eigenvalue weighted by atomic mass is 32.2. The third-order valence-corrected chi connectivity index (χ3v) is 7.73. The van der Waals surface area contributed by atoms with Gasteiger partial charge in [0, 0.05) is 33.0 Å². The van der Waals surface area contributed by atoms with Crippen LogP contribution in [0.3, 0.4) is 0 Å². The molecule has 0 saturated carbocycles. The van der Waals surface area contributed by atoms with Gasteiger partial charge in [-0.3, -0.25) is 9.59 Å². The molecule has 9 nitrogen and oxygen atoms in total. The Morgan fingerprint density at radius 1 is 1.06 bits per heavy atom. The van der Waals surface area contributed by atoms with Crippen molar-refractivity contribution in [2.45, 2.75) is 43.9 Å². The number of hydrazone groups is 1. The molecular formula is C24H28N4O5S. The number of sulfonamides is 1. The number of carbonyl (C=O) groups excluding carboxylic acids is 2. The van der Waals surface area contributed by atoms with Crippen LogP contribution < -0.4 is 10.1 Å². The number of anilines is 1. The number of hydrogen-bond acceptors (Lipinski definition) is 6. The first-order valence-electron chi connectivity index (χ1n) is 11.3. The van der Waals surface area contributed by atoms with Crippen LogP contribution in [0.2, 0.25) is 0 Å². The Morgan fingerprint density at radius 2 is 1.82 bits per heavy atom. The van der Waals surface area contributed by atoms with Gasteiger partial charge in [-0.05, 0) is 55.7 Å². The molecule has 1 fully saturated rings. The standard InChI is InChI=1S/C24H28N4O5S/c1-17-7-6-8-18(15-17)33-22-11-9-19(34(31,32)28-13-4-3-5-14-28)16-21(22)25-24(30)20-10-12-23(29)27(2)26-20/h6-9,11,15-16H,3-5,10,12-14H2,1-2H3,(H,25,30). The maximum absolute atomic E-state index is 13.2. The Morgan fingerprint density at radius 3 is 2.53 bits per heavy atom. The number of piperidine rings is 1. The highest BCUT2D eigenvalue weighted by Gasteiger charge is 2.28. The maximum atomic E-state index is 13.2. The van der Waals surface area contributed by atoms with Crippen LogP contribution in [0.15, 0.2) is 52.5 Å². The predicted molar refractivity (Wildman–Crippen MR) is 128 cm³/mol. The number of rotatable bonds is 6. The van der Waals surface area contributed by atoms with E-state index < -0.39 is 15.9 Å². The largest absolute Gasteiger partial charge is 0.455 e. The van der Waals surface area contributed by atoms with Crippen LogP contribution in [-0.2, 0) is 19.6 Å². The summed E-state index contributed by atoms with van der Waals surface area (Å²) in [5.74, 6) is 0.176. The summed E-state index contributed by atoms with van der Waals surface area (Å²) in [6, 6.07) is 11.9. The molecule has 0 radical (unpaired) electrons. The highest BCUT2D eigenvalue weighted by Crippen LogP contribution is 2.34. The van der Waals surface area contributed by atoms with E-state index in [1.165, 1.54) is 23.5 Å². The topological polar surface area (TPSA) is 108 Å². The van der Waals surface area contributed by atoms with Gasteiger partial charge in [0.15, 0.2) is 5.75 Å². The Labute approximate surface area is 199 Å². The molecule has 1 N–H and O–H groups in total. The zero-order valence-corrected chi connectivity index (χ0v) is 20.1. The number of carbonyl (C=O) groups is 2. The molecule has 2 aliphatic heterocycles. The predicted octanol–water partition coefficient (Wildman–Crippen LogP) is 3.51. The molecule has 1 saturated heterocycles. The Balaban J connectivity index is 1.68. The lowest BCUT2D eigenvalue weighted by molar-refractivity contribution is -0.130. The van der Waals surface area contributed by atoms with Gasteiger partial charge in [-0.1, -0.05) is 18.6 Å². The lowest BCUT2D eigenvalue weighted by atomic mass is 10.1. The Hall–Kier alpha value is -3.24. The molecule has 34 heavy (non-hydrogen) atoms. The molecule has 2 aliphatic rings. The Bertz CT molecular complexity index is 1240. The summed E-state index contributed by atoms with van der Waals surface area (Å²) in [4.78, 5) is 24.7. The normalized spacial score (nSPS) is 17.3. The fourth-order valence-corrected chi connectivity index (χ4v) is 5.49. The van der Waals surface area contributed by atoms with Crippen molar-refractivity contribution in [3.8, 4) is 11.5 Å². The van der Waals surface area contributed by atoms with E-state index in [0.717, 1.165) is 29.8 Å². The van der Waals surface area contributed by atoms with E-state index >= 15 is 0 Å². The summed E-state index contributed by atoms with van der Waals surface area (Å²) in [5.41, 5.74) is 1.40. The van der Waals surface area contributed by atoms with E-state index in [0.29, 0.717) is 24.6 Å². The summed E-state index contributed by atoms with van der Waals surface area (Å²) >= 11 is 0. The van der Waals surface area contributed by atoms with Crippen molar-refractivity contribution in [2.75, 3.05) is 25.5 Å². The fraction of sp³-hybridized carbons (Fsp3) is 0.375. The summed E-state index contributed by atoms with van der Waals surface area (Å²) in [7, 11) is -2.22. The molecule has 2 aromatic carbocycles. The first kappa shape index (κ1) is 23.9. The third-order valence-electron chi connectivity index (χ3n) is 5.84. The number of benzene rings is 2. The van der Waals surface area contributed by atoms with Gasteiger partial charge in [-0.2, -0.15) is 9.41 Å². The molecule has 2 amide bonds. The number of nitrogens with zero attached hydrogens (tertiary/aromatic N) is 3. The molecule has 0 spiro atoms. The summed E-state index contributed by atoms with van der Waals surface area (Å²) in [5, 5.41) is 7.94. The molecule has 2 heterocycles. The minimum Gasteiger partial charge on any atom is -0.455 e. The van der Waals surface area contributed by atoms with Gasteiger partial charge < -0.3 is 10.1 Å². The van der Waals surface area contributed by atoms with Crippen LogP contribution in [0.25, 0.3) is 0 Å². The van der Waals surface area contributed by atoms with E-state index in [1.54, 1.807) is 12.1 Å². The number of hydrogen-bond donors (Lipinski definition) is 1. The second-order valence-electron chi connectivity index (χ2n) is 8.46. The molecule has 10 heteroatoms. The van der Waals surface area contributed by atoms with Crippen molar-refractivity contribution in [1.82, 2.24) is 9.31 Å². The van der Waals surface area contributed by atoms with Gasteiger partial charge >= 0.3 is 0 Å².